The Labute approximate surface area is 202 Å². The summed E-state index contributed by atoms with van der Waals surface area (Å²) in [7, 11) is 0. The molecule has 0 bridgehead atoms. The number of hydrogen-bond donors (Lipinski definition) is 0. The summed E-state index contributed by atoms with van der Waals surface area (Å²) in [5, 5.41) is 0.725. The Bertz CT molecular complexity index is 1340. The smallest absolute Gasteiger partial charge is 0.227 e. The average Bonchev–Trinajstić information content (AvgIpc) is 3.40. The number of benzene rings is 3. The van der Waals surface area contributed by atoms with Gasteiger partial charge in [-0.15, -0.1) is 0 Å². The molecule has 1 aliphatic rings. The van der Waals surface area contributed by atoms with E-state index in [2.05, 4.69) is 10.6 Å². The van der Waals surface area contributed by atoms with Gasteiger partial charge in [-0.3, -0.25) is 4.79 Å². The maximum Gasteiger partial charge on any atom is 0.227 e. The van der Waals surface area contributed by atoms with Gasteiger partial charge in [-0.25, -0.2) is 9.37 Å². The fraction of sp³-hybridized carbons (Fsp3) is 0.259. The summed E-state index contributed by atoms with van der Waals surface area (Å²) in [6.07, 6.45) is 1.17. The zero-order chi connectivity index (χ0) is 23.7. The number of fused-ring (bicyclic) bond motifs is 1. The zero-order valence-corrected chi connectivity index (χ0v) is 19.6. The molecule has 5 nitrogen and oxygen atoms in total. The molecule has 174 valence electrons. The highest BCUT2D eigenvalue weighted by atomic mass is 35.5. The molecule has 2 heterocycles. The van der Waals surface area contributed by atoms with Crippen molar-refractivity contribution in [2.24, 2.45) is 0 Å². The van der Waals surface area contributed by atoms with Gasteiger partial charge < -0.3 is 14.2 Å². The molecular weight excluding hydrogens is 453 g/mol. The number of carbonyl (C=O) groups excluding carboxylic acids is 1. The predicted octanol–water partition coefficient (Wildman–Crippen LogP) is 6.13. The number of amides is 1. The largest absolute Gasteiger partial charge is 0.494 e. The Morgan fingerprint density at radius 2 is 1.91 bits per heavy atom. The maximum atomic E-state index is 13.3. The van der Waals surface area contributed by atoms with Crippen LogP contribution in [0.5, 0.6) is 5.75 Å². The number of carbonyl (C=O) groups is 1. The molecule has 1 atom stereocenters. The summed E-state index contributed by atoms with van der Waals surface area (Å²) in [6.45, 7) is 3.76. The third-order valence-corrected chi connectivity index (χ3v) is 6.66. The van der Waals surface area contributed by atoms with Crippen molar-refractivity contribution in [3.8, 4) is 5.75 Å². The van der Waals surface area contributed by atoms with E-state index in [0.29, 0.717) is 25.3 Å². The van der Waals surface area contributed by atoms with Crippen LogP contribution < -0.4 is 9.64 Å². The third kappa shape index (κ3) is 4.50. The molecule has 0 N–H and O–H groups in total. The minimum Gasteiger partial charge on any atom is -0.494 e. The van der Waals surface area contributed by atoms with Gasteiger partial charge in [-0.2, -0.15) is 0 Å². The van der Waals surface area contributed by atoms with Crippen molar-refractivity contribution < 1.29 is 13.9 Å². The van der Waals surface area contributed by atoms with Gasteiger partial charge in [0.15, 0.2) is 0 Å². The van der Waals surface area contributed by atoms with E-state index in [4.69, 9.17) is 21.3 Å². The van der Waals surface area contributed by atoms with E-state index in [1.807, 2.05) is 43.3 Å². The lowest BCUT2D eigenvalue weighted by atomic mass is 10.1. The lowest BCUT2D eigenvalue weighted by molar-refractivity contribution is -0.117. The Hall–Kier alpha value is -3.38. The number of halogens is 2. The van der Waals surface area contributed by atoms with E-state index in [-0.39, 0.29) is 17.6 Å². The van der Waals surface area contributed by atoms with Crippen LogP contribution in [0.25, 0.3) is 11.0 Å². The predicted molar refractivity (Wildman–Crippen MR) is 132 cm³/mol. The van der Waals surface area contributed by atoms with Crippen molar-refractivity contribution in [2.75, 3.05) is 18.1 Å². The first-order valence-electron chi connectivity index (χ1n) is 11.4. The number of imidazole rings is 1. The first-order valence-corrected chi connectivity index (χ1v) is 11.8. The van der Waals surface area contributed by atoms with Gasteiger partial charge in [0.2, 0.25) is 5.91 Å². The molecule has 0 unspecified atom stereocenters. The second-order valence-electron chi connectivity index (χ2n) is 8.61. The minimum atomic E-state index is -0.315. The van der Waals surface area contributed by atoms with Crippen LogP contribution in [0.15, 0.2) is 66.7 Å². The van der Waals surface area contributed by atoms with E-state index in [0.717, 1.165) is 46.2 Å². The van der Waals surface area contributed by atoms with Crippen molar-refractivity contribution in [2.45, 2.75) is 32.2 Å². The van der Waals surface area contributed by atoms with Crippen LogP contribution in [-0.4, -0.2) is 28.6 Å². The van der Waals surface area contributed by atoms with Gasteiger partial charge in [-0.1, -0.05) is 23.7 Å². The van der Waals surface area contributed by atoms with Crippen molar-refractivity contribution in [1.29, 1.82) is 0 Å². The fourth-order valence-corrected chi connectivity index (χ4v) is 4.63. The summed E-state index contributed by atoms with van der Waals surface area (Å²) < 4.78 is 21.5. The minimum absolute atomic E-state index is 0.0247. The summed E-state index contributed by atoms with van der Waals surface area (Å²) >= 11 is 6.10. The van der Waals surface area contributed by atoms with Gasteiger partial charge >= 0.3 is 0 Å². The molecule has 1 aromatic heterocycles. The zero-order valence-electron chi connectivity index (χ0n) is 18.9. The molecule has 0 spiro atoms. The Kier molecular flexibility index (Phi) is 6.24. The van der Waals surface area contributed by atoms with Crippen molar-refractivity contribution >= 4 is 34.2 Å². The van der Waals surface area contributed by atoms with Gasteiger partial charge in [0.1, 0.15) is 17.4 Å². The highest BCUT2D eigenvalue weighted by Crippen LogP contribution is 2.33. The second-order valence-corrected chi connectivity index (χ2v) is 9.01. The maximum absolute atomic E-state index is 13.3. The number of aryl methyl sites for hydroxylation is 2. The highest BCUT2D eigenvalue weighted by molar-refractivity contribution is 6.31. The number of para-hydroxylation sites is 2. The summed E-state index contributed by atoms with van der Waals surface area (Å²) in [4.78, 5) is 19.4. The van der Waals surface area contributed by atoms with E-state index in [9.17, 15) is 9.18 Å². The molecule has 0 radical (unpaired) electrons. The van der Waals surface area contributed by atoms with Crippen LogP contribution in [0.3, 0.4) is 0 Å². The van der Waals surface area contributed by atoms with Crippen LogP contribution in [0.1, 0.15) is 30.1 Å². The Balaban J connectivity index is 1.33. The molecule has 4 aromatic rings. The lowest BCUT2D eigenvalue weighted by Crippen LogP contribution is -2.24. The first-order chi connectivity index (χ1) is 16.5. The van der Waals surface area contributed by atoms with Gasteiger partial charge in [0.25, 0.3) is 0 Å². The number of nitrogens with zero attached hydrogens (tertiary/aromatic N) is 3. The summed E-state index contributed by atoms with van der Waals surface area (Å²) in [5.74, 6) is 1.38. The van der Waals surface area contributed by atoms with Gasteiger partial charge in [0.05, 0.1) is 17.6 Å². The first kappa shape index (κ1) is 22.4. The van der Waals surface area contributed by atoms with E-state index >= 15 is 0 Å². The average molecular weight is 478 g/mol. The lowest BCUT2D eigenvalue weighted by Gasteiger charge is -2.17. The molecule has 1 amide bonds. The van der Waals surface area contributed by atoms with Gasteiger partial charge in [0, 0.05) is 36.1 Å². The number of hydrogen-bond acceptors (Lipinski definition) is 3. The van der Waals surface area contributed by atoms with Crippen molar-refractivity contribution in [3.63, 3.8) is 0 Å². The molecule has 1 saturated heterocycles. The molecule has 34 heavy (non-hydrogen) atoms. The highest BCUT2D eigenvalue weighted by Gasteiger charge is 2.34. The number of ether oxygens (including phenoxy) is 1. The van der Waals surface area contributed by atoms with Crippen LogP contribution >= 0.6 is 11.6 Å². The van der Waals surface area contributed by atoms with Crippen LogP contribution in [0, 0.1) is 12.7 Å². The fourth-order valence-electron chi connectivity index (χ4n) is 4.51. The molecule has 7 heteroatoms. The molecule has 5 rings (SSSR count). The molecule has 0 saturated carbocycles. The monoisotopic (exact) mass is 477 g/mol. The molecular formula is C27H25ClFN3O2. The summed E-state index contributed by atoms with van der Waals surface area (Å²) in [5.41, 5.74) is 3.66. The molecule has 0 aliphatic carbocycles. The quantitative estimate of drug-likeness (QED) is 0.301. The number of anilines is 1. The van der Waals surface area contributed by atoms with Crippen molar-refractivity contribution in [3.05, 3.63) is 89.0 Å². The van der Waals surface area contributed by atoms with E-state index in [1.165, 1.54) is 12.1 Å². The Morgan fingerprint density at radius 1 is 1.12 bits per heavy atom. The van der Waals surface area contributed by atoms with Crippen LogP contribution in [0.2, 0.25) is 5.02 Å². The molecule has 1 fully saturated rings. The molecule has 1 aliphatic heterocycles. The number of rotatable bonds is 7. The molecule has 3 aromatic carbocycles. The van der Waals surface area contributed by atoms with Crippen molar-refractivity contribution in [1.82, 2.24) is 9.55 Å². The van der Waals surface area contributed by atoms with Crippen LogP contribution in [-0.2, 0) is 11.3 Å². The standard InChI is InChI=1S/C27H25ClFN3O2/c1-18-15-22(11-12-23(18)28)34-14-4-13-31-25-6-3-2-5-24(25)30-27(31)19-16-26(33)32(17-19)21-9-7-20(29)8-10-21/h2-3,5-12,15,19H,4,13-14,16-17H2,1H3/t19-/m0/s1. The van der Waals surface area contributed by atoms with E-state index < -0.39 is 0 Å². The van der Waals surface area contributed by atoms with E-state index in [1.54, 1.807) is 17.0 Å². The topological polar surface area (TPSA) is 47.4 Å². The van der Waals surface area contributed by atoms with Gasteiger partial charge in [-0.05, 0) is 73.5 Å². The normalized spacial score (nSPS) is 15.9. The third-order valence-electron chi connectivity index (χ3n) is 6.24. The number of aromatic nitrogens is 2. The SMILES string of the molecule is Cc1cc(OCCCn2c([C@H]3CC(=O)N(c4ccc(F)cc4)C3)nc3ccccc32)ccc1Cl. The second kappa shape index (κ2) is 9.47. The Morgan fingerprint density at radius 3 is 2.71 bits per heavy atom. The van der Waals surface area contributed by atoms with Crippen LogP contribution in [0.4, 0.5) is 10.1 Å². The summed E-state index contributed by atoms with van der Waals surface area (Å²) in [6, 6.07) is 19.7.